The third-order valence-corrected chi connectivity index (χ3v) is 4.35. The van der Waals surface area contributed by atoms with Gasteiger partial charge in [0.15, 0.2) is 17.3 Å². The third-order valence-electron chi connectivity index (χ3n) is 4.35. The minimum absolute atomic E-state index is 0.0136. The molecule has 1 fully saturated rings. The predicted octanol–water partition coefficient (Wildman–Crippen LogP) is 2.02. The fourth-order valence-electron chi connectivity index (χ4n) is 2.97. The van der Waals surface area contributed by atoms with Crippen LogP contribution in [0, 0.1) is 12.7 Å². The summed E-state index contributed by atoms with van der Waals surface area (Å²) in [6.07, 6.45) is 0.197. The quantitative estimate of drug-likeness (QED) is 0.828. The Morgan fingerprint density at radius 1 is 1.28 bits per heavy atom. The Hall–Kier alpha value is -2.41. The summed E-state index contributed by atoms with van der Waals surface area (Å²) < 4.78 is 23.9. The number of rotatable bonds is 5. The Balaban J connectivity index is 1.50. The maximum atomic E-state index is 13.7. The van der Waals surface area contributed by atoms with Crippen LogP contribution < -0.4 is 4.74 Å². The maximum absolute atomic E-state index is 13.7. The topological polar surface area (TPSA) is 58.8 Å². The van der Waals surface area contributed by atoms with Crippen LogP contribution in [-0.4, -0.2) is 54.2 Å². The van der Waals surface area contributed by atoms with Gasteiger partial charge in [-0.25, -0.2) is 4.39 Å². The van der Waals surface area contributed by atoms with E-state index in [4.69, 9.17) is 9.26 Å². The van der Waals surface area contributed by atoms with Crippen LogP contribution in [0.4, 0.5) is 4.39 Å². The molecule has 0 aliphatic carbocycles. The van der Waals surface area contributed by atoms with E-state index >= 15 is 0 Å². The molecule has 6 nitrogen and oxygen atoms in total. The molecule has 0 saturated carbocycles. The van der Waals surface area contributed by atoms with Crippen molar-refractivity contribution in [1.29, 1.82) is 0 Å². The lowest BCUT2D eigenvalue weighted by Crippen LogP contribution is -2.48. The van der Waals surface area contributed by atoms with E-state index in [1.54, 1.807) is 12.1 Å². The summed E-state index contributed by atoms with van der Waals surface area (Å²) in [5, 5.41) is 3.89. The van der Waals surface area contributed by atoms with E-state index in [1.165, 1.54) is 13.2 Å². The van der Waals surface area contributed by atoms with Gasteiger partial charge in [-0.1, -0.05) is 11.2 Å². The highest BCUT2D eigenvalue weighted by Crippen LogP contribution is 2.18. The summed E-state index contributed by atoms with van der Waals surface area (Å²) in [4.78, 5) is 16.5. The van der Waals surface area contributed by atoms with Gasteiger partial charge in [-0.05, 0) is 24.6 Å². The van der Waals surface area contributed by atoms with Crippen molar-refractivity contribution in [3.05, 3.63) is 47.1 Å². The average molecular weight is 347 g/mol. The van der Waals surface area contributed by atoms with E-state index in [0.29, 0.717) is 25.2 Å². The molecule has 0 radical (unpaired) electrons. The van der Waals surface area contributed by atoms with Gasteiger partial charge in [-0.15, -0.1) is 0 Å². The molecule has 1 aliphatic rings. The molecule has 2 aromatic rings. The second-order valence-corrected chi connectivity index (χ2v) is 6.24. The lowest BCUT2D eigenvalue weighted by atomic mass is 10.1. The van der Waals surface area contributed by atoms with Crippen molar-refractivity contribution < 1.29 is 18.4 Å². The number of nitrogens with zero attached hydrogens (tertiary/aromatic N) is 3. The fourth-order valence-corrected chi connectivity index (χ4v) is 2.97. The Morgan fingerprint density at radius 3 is 2.64 bits per heavy atom. The van der Waals surface area contributed by atoms with Crippen molar-refractivity contribution in [2.75, 3.05) is 33.3 Å². The zero-order valence-corrected chi connectivity index (χ0v) is 14.5. The van der Waals surface area contributed by atoms with Crippen LogP contribution in [0.2, 0.25) is 0 Å². The zero-order valence-electron chi connectivity index (χ0n) is 14.5. The van der Waals surface area contributed by atoms with Crippen LogP contribution in [-0.2, 0) is 17.8 Å². The molecule has 134 valence electrons. The van der Waals surface area contributed by atoms with E-state index in [0.717, 1.165) is 24.5 Å². The molecule has 0 unspecified atom stereocenters. The van der Waals surface area contributed by atoms with E-state index in [2.05, 4.69) is 10.1 Å². The van der Waals surface area contributed by atoms with Gasteiger partial charge in [0.2, 0.25) is 5.91 Å². The number of carbonyl (C=O) groups is 1. The number of aryl methyl sites for hydroxylation is 1. The van der Waals surface area contributed by atoms with Crippen LogP contribution in [0.3, 0.4) is 0 Å². The van der Waals surface area contributed by atoms with Crippen molar-refractivity contribution in [2.24, 2.45) is 0 Å². The summed E-state index contributed by atoms with van der Waals surface area (Å²) in [6.45, 7) is 5.47. The SMILES string of the molecule is COc1ccc(CC(=O)N2CCN(Cc3cc(C)no3)CC2)cc1F. The Bertz CT molecular complexity index is 739. The van der Waals surface area contributed by atoms with Gasteiger partial charge < -0.3 is 14.2 Å². The summed E-state index contributed by atoms with van der Waals surface area (Å²) in [7, 11) is 1.42. The first kappa shape index (κ1) is 17.4. The predicted molar refractivity (Wildman–Crippen MR) is 89.8 cm³/mol. The molecule has 0 atom stereocenters. The number of hydrogen-bond acceptors (Lipinski definition) is 5. The molecule has 7 heteroatoms. The van der Waals surface area contributed by atoms with E-state index < -0.39 is 5.82 Å². The van der Waals surface area contributed by atoms with Crippen LogP contribution in [0.25, 0.3) is 0 Å². The maximum Gasteiger partial charge on any atom is 0.227 e. The molecule has 3 rings (SSSR count). The highest BCUT2D eigenvalue weighted by molar-refractivity contribution is 5.79. The first-order chi connectivity index (χ1) is 12.0. The summed E-state index contributed by atoms with van der Waals surface area (Å²) in [5.74, 6) is 0.596. The van der Waals surface area contributed by atoms with Crippen molar-refractivity contribution in [1.82, 2.24) is 15.0 Å². The van der Waals surface area contributed by atoms with Crippen molar-refractivity contribution in [3.8, 4) is 5.75 Å². The minimum Gasteiger partial charge on any atom is -0.494 e. The molecule has 0 spiro atoms. The normalized spacial score (nSPS) is 15.4. The molecule has 1 aromatic carbocycles. The highest BCUT2D eigenvalue weighted by atomic mass is 19.1. The second kappa shape index (κ2) is 7.65. The first-order valence-corrected chi connectivity index (χ1v) is 8.30. The van der Waals surface area contributed by atoms with E-state index in [1.807, 2.05) is 17.9 Å². The summed E-state index contributed by atoms with van der Waals surface area (Å²) in [6, 6.07) is 6.56. The monoisotopic (exact) mass is 347 g/mol. The van der Waals surface area contributed by atoms with Gasteiger partial charge in [0.05, 0.1) is 25.8 Å². The molecule has 0 bridgehead atoms. The Morgan fingerprint density at radius 2 is 2.04 bits per heavy atom. The average Bonchev–Trinajstić information content (AvgIpc) is 3.00. The molecule has 1 amide bonds. The lowest BCUT2D eigenvalue weighted by Gasteiger charge is -2.34. The number of methoxy groups -OCH3 is 1. The Kier molecular flexibility index (Phi) is 5.33. The van der Waals surface area contributed by atoms with Crippen molar-refractivity contribution in [2.45, 2.75) is 19.9 Å². The van der Waals surface area contributed by atoms with Gasteiger partial charge in [0.1, 0.15) is 0 Å². The summed E-state index contributed by atoms with van der Waals surface area (Å²) >= 11 is 0. The number of halogens is 1. The lowest BCUT2D eigenvalue weighted by molar-refractivity contribution is -0.132. The molecule has 1 aromatic heterocycles. The third kappa shape index (κ3) is 4.36. The zero-order chi connectivity index (χ0) is 17.8. The van der Waals surface area contributed by atoms with Crippen LogP contribution in [0.5, 0.6) is 5.75 Å². The largest absolute Gasteiger partial charge is 0.494 e. The van der Waals surface area contributed by atoms with Crippen molar-refractivity contribution >= 4 is 5.91 Å². The number of hydrogen-bond donors (Lipinski definition) is 0. The van der Waals surface area contributed by atoms with E-state index in [-0.39, 0.29) is 18.1 Å². The van der Waals surface area contributed by atoms with Gasteiger partial charge in [-0.2, -0.15) is 0 Å². The standard InChI is InChI=1S/C18H22FN3O3/c1-13-9-15(25-20-13)12-21-5-7-22(8-6-21)18(23)11-14-3-4-17(24-2)16(19)10-14/h3-4,9-10H,5-8,11-12H2,1-2H3. The summed E-state index contributed by atoms with van der Waals surface area (Å²) in [5.41, 5.74) is 1.53. The van der Waals surface area contributed by atoms with Gasteiger partial charge >= 0.3 is 0 Å². The molecule has 1 saturated heterocycles. The number of amides is 1. The smallest absolute Gasteiger partial charge is 0.227 e. The first-order valence-electron chi connectivity index (χ1n) is 8.30. The van der Waals surface area contributed by atoms with Crippen LogP contribution in [0.15, 0.2) is 28.8 Å². The van der Waals surface area contributed by atoms with Crippen molar-refractivity contribution in [3.63, 3.8) is 0 Å². The number of benzene rings is 1. The number of ether oxygens (including phenoxy) is 1. The van der Waals surface area contributed by atoms with E-state index in [9.17, 15) is 9.18 Å². The minimum atomic E-state index is -0.444. The molecular formula is C18H22FN3O3. The van der Waals surface area contributed by atoms with Crippen LogP contribution in [0.1, 0.15) is 17.0 Å². The van der Waals surface area contributed by atoms with Gasteiger partial charge in [0, 0.05) is 32.2 Å². The van der Waals surface area contributed by atoms with Gasteiger partial charge in [0.25, 0.3) is 0 Å². The second-order valence-electron chi connectivity index (χ2n) is 6.24. The number of carbonyl (C=O) groups excluding carboxylic acids is 1. The molecular weight excluding hydrogens is 325 g/mol. The molecule has 2 heterocycles. The number of piperazine rings is 1. The number of aromatic nitrogens is 1. The fraction of sp³-hybridized carbons (Fsp3) is 0.444. The van der Waals surface area contributed by atoms with Gasteiger partial charge in [-0.3, -0.25) is 9.69 Å². The molecule has 0 N–H and O–H groups in total. The Labute approximate surface area is 146 Å². The van der Waals surface area contributed by atoms with Crippen LogP contribution >= 0.6 is 0 Å². The molecule has 25 heavy (non-hydrogen) atoms. The molecule has 1 aliphatic heterocycles. The highest BCUT2D eigenvalue weighted by Gasteiger charge is 2.22.